The Bertz CT molecular complexity index is 807. The van der Waals surface area contributed by atoms with Gasteiger partial charge in [-0.15, -0.1) is 24.0 Å². The van der Waals surface area contributed by atoms with Gasteiger partial charge in [0.25, 0.3) is 0 Å². The highest BCUT2D eigenvalue weighted by Crippen LogP contribution is 2.10. The molecule has 1 aliphatic heterocycles. The number of guanidine groups is 1. The fraction of sp³-hybridized carbons (Fsp3) is 0.579. The molecule has 3 N–H and O–H groups in total. The number of rotatable bonds is 8. The van der Waals surface area contributed by atoms with Crippen molar-refractivity contribution in [2.24, 2.45) is 10.7 Å². The Kier molecular flexibility index (Phi) is 11.0. The zero-order valence-electron chi connectivity index (χ0n) is 17.7. The average Bonchev–Trinajstić information content (AvgIpc) is 2.68. The van der Waals surface area contributed by atoms with Crippen LogP contribution >= 0.6 is 24.0 Å². The quantitative estimate of drug-likeness (QED) is 0.280. The van der Waals surface area contributed by atoms with E-state index in [2.05, 4.69) is 10.3 Å². The zero-order chi connectivity index (χ0) is 21.4. The van der Waals surface area contributed by atoms with E-state index in [4.69, 9.17) is 10.5 Å². The van der Waals surface area contributed by atoms with Crippen LogP contribution < -0.4 is 11.1 Å². The number of ether oxygens (including phenoxy) is 1. The molecule has 30 heavy (non-hydrogen) atoms. The number of amides is 1. The lowest BCUT2D eigenvalue weighted by Crippen LogP contribution is -2.54. The maximum atomic E-state index is 12.4. The molecule has 11 heteroatoms. The Balaban J connectivity index is 0.00000450. The molecule has 1 aromatic rings. The number of nitrogens with one attached hydrogen (secondary N) is 1. The summed E-state index contributed by atoms with van der Waals surface area (Å²) in [6.45, 7) is 6.46. The van der Waals surface area contributed by atoms with Gasteiger partial charge in [-0.25, -0.2) is 8.42 Å². The van der Waals surface area contributed by atoms with Crippen LogP contribution in [0.4, 0.5) is 0 Å². The van der Waals surface area contributed by atoms with E-state index in [9.17, 15) is 13.2 Å². The van der Waals surface area contributed by atoms with Gasteiger partial charge in [0.1, 0.15) is 0 Å². The van der Waals surface area contributed by atoms with Crippen LogP contribution in [0.15, 0.2) is 29.3 Å². The van der Waals surface area contributed by atoms with Crippen LogP contribution in [0.2, 0.25) is 0 Å². The van der Waals surface area contributed by atoms with E-state index < -0.39 is 15.9 Å². The van der Waals surface area contributed by atoms with Gasteiger partial charge >= 0.3 is 0 Å². The van der Waals surface area contributed by atoms with E-state index in [-0.39, 0.29) is 42.4 Å². The molecule has 9 nitrogen and oxygen atoms in total. The van der Waals surface area contributed by atoms with Crippen molar-refractivity contribution in [1.82, 2.24) is 14.5 Å². The first kappa shape index (κ1) is 26.6. The number of primary amides is 1. The summed E-state index contributed by atoms with van der Waals surface area (Å²) >= 11 is 0. The van der Waals surface area contributed by atoms with Crippen LogP contribution in [0.3, 0.4) is 0 Å². The first-order valence-electron chi connectivity index (χ1n) is 9.66. The maximum Gasteiger partial charge on any atom is 0.248 e. The summed E-state index contributed by atoms with van der Waals surface area (Å²) in [5.41, 5.74) is 6.71. The molecular formula is C19H32IN5O4S. The molecule has 2 rings (SSSR count). The molecule has 170 valence electrons. The SMILES string of the molecule is CN=C(NCc1ccc(C(N)=O)cc1)N1CCN(S(=O)(=O)CCOC(C)C)CC1.I. The van der Waals surface area contributed by atoms with E-state index in [1.165, 1.54) is 4.31 Å². The molecule has 1 aliphatic rings. The maximum absolute atomic E-state index is 12.4. The Morgan fingerprint density at radius 2 is 1.80 bits per heavy atom. The minimum atomic E-state index is -3.32. The van der Waals surface area contributed by atoms with Crippen molar-refractivity contribution < 1.29 is 17.9 Å². The van der Waals surface area contributed by atoms with Gasteiger partial charge in [0.2, 0.25) is 15.9 Å². The van der Waals surface area contributed by atoms with Crippen molar-refractivity contribution in [3.8, 4) is 0 Å². The first-order valence-corrected chi connectivity index (χ1v) is 11.3. The second-order valence-electron chi connectivity index (χ2n) is 7.08. The molecule has 0 saturated carbocycles. The van der Waals surface area contributed by atoms with Gasteiger partial charge in [-0.1, -0.05) is 12.1 Å². The Morgan fingerprint density at radius 3 is 2.30 bits per heavy atom. The lowest BCUT2D eigenvalue weighted by Gasteiger charge is -2.35. The van der Waals surface area contributed by atoms with Gasteiger partial charge in [0.05, 0.1) is 18.5 Å². The van der Waals surface area contributed by atoms with Crippen LogP contribution in [0.25, 0.3) is 0 Å². The molecule has 0 radical (unpaired) electrons. The summed E-state index contributed by atoms with van der Waals surface area (Å²) in [6.07, 6.45) is 0.0171. The van der Waals surface area contributed by atoms with E-state index in [1.54, 1.807) is 19.2 Å². The number of halogens is 1. The summed E-state index contributed by atoms with van der Waals surface area (Å²) in [6, 6.07) is 7.05. The van der Waals surface area contributed by atoms with E-state index in [1.807, 2.05) is 30.9 Å². The smallest absolute Gasteiger partial charge is 0.248 e. The molecule has 1 saturated heterocycles. The number of carbonyl (C=O) groups is 1. The average molecular weight is 553 g/mol. The van der Waals surface area contributed by atoms with Gasteiger partial charge in [0, 0.05) is 45.3 Å². The lowest BCUT2D eigenvalue weighted by molar-refractivity contribution is 0.0904. The number of sulfonamides is 1. The first-order chi connectivity index (χ1) is 13.7. The fourth-order valence-corrected chi connectivity index (χ4v) is 4.28. The van der Waals surface area contributed by atoms with Crippen LogP contribution in [-0.4, -0.2) is 81.2 Å². The highest BCUT2D eigenvalue weighted by Gasteiger charge is 2.27. The molecule has 0 bridgehead atoms. The Labute approximate surface area is 196 Å². The molecule has 0 spiro atoms. The number of nitrogens with zero attached hydrogens (tertiary/aromatic N) is 3. The number of hydrogen-bond donors (Lipinski definition) is 2. The topological polar surface area (TPSA) is 117 Å². The molecule has 1 amide bonds. The lowest BCUT2D eigenvalue weighted by atomic mass is 10.1. The third-order valence-corrected chi connectivity index (χ3v) is 6.46. The Morgan fingerprint density at radius 1 is 1.20 bits per heavy atom. The van der Waals surface area contributed by atoms with E-state index in [0.29, 0.717) is 44.2 Å². The van der Waals surface area contributed by atoms with Crippen molar-refractivity contribution in [2.75, 3.05) is 45.6 Å². The number of carbonyl (C=O) groups excluding carboxylic acids is 1. The number of hydrogen-bond acceptors (Lipinski definition) is 5. The number of nitrogens with two attached hydrogens (primary N) is 1. The molecule has 1 fully saturated rings. The standard InChI is InChI=1S/C19H31N5O4S.HI/c1-15(2)28-12-13-29(26,27)24-10-8-23(9-11-24)19(21-3)22-14-16-4-6-17(7-5-16)18(20)25;/h4-7,15H,8-14H2,1-3H3,(H2,20,25)(H,21,22);1H. The van der Waals surface area contributed by atoms with Gasteiger partial charge in [-0.2, -0.15) is 4.31 Å². The van der Waals surface area contributed by atoms with Gasteiger partial charge in [0.15, 0.2) is 5.96 Å². The summed E-state index contributed by atoms with van der Waals surface area (Å²) in [5, 5.41) is 3.28. The number of benzene rings is 1. The predicted octanol–water partition coefficient (Wildman–Crippen LogP) is 0.851. The molecule has 0 aliphatic carbocycles. The minimum absolute atomic E-state index is 0. The molecule has 0 atom stereocenters. The highest BCUT2D eigenvalue weighted by molar-refractivity contribution is 14.0. The third-order valence-electron chi connectivity index (χ3n) is 4.62. The van der Waals surface area contributed by atoms with E-state index >= 15 is 0 Å². The fourth-order valence-electron chi connectivity index (χ4n) is 3.00. The minimum Gasteiger partial charge on any atom is -0.378 e. The summed E-state index contributed by atoms with van der Waals surface area (Å²) < 4.78 is 31.8. The van der Waals surface area contributed by atoms with Crippen LogP contribution in [0.1, 0.15) is 29.8 Å². The Hall–Kier alpha value is -1.44. The molecule has 0 aromatic heterocycles. The largest absolute Gasteiger partial charge is 0.378 e. The number of aliphatic imine (C=N–C) groups is 1. The molecule has 1 heterocycles. The third kappa shape index (κ3) is 8.00. The van der Waals surface area contributed by atoms with Crippen LogP contribution in [0, 0.1) is 0 Å². The van der Waals surface area contributed by atoms with E-state index in [0.717, 1.165) is 5.56 Å². The van der Waals surface area contributed by atoms with Gasteiger partial charge in [-0.3, -0.25) is 9.79 Å². The van der Waals surface area contributed by atoms with Gasteiger partial charge < -0.3 is 20.7 Å². The second kappa shape index (κ2) is 12.4. The molecule has 0 unspecified atom stereocenters. The highest BCUT2D eigenvalue weighted by atomic mass is 127. The van der Waals surface area contributed by atoms with Crippen molar-refractivity contribution in [2.45, 2.75) is 26.5 Å². The normalized spacial score (nSPS) is 15.7. The van der Waals surface area contributed by atoms with Crippen molar-refractivity contribution in [3.05, 3.63) is 35.4 Å². The number of piperazine rings is 1. The van der Waals surface area contributed by atoms with Crippen molar-refractivity contribution in [1.29, 1.82) is 0 Å². The van der Waals surface area contributed by atoms with Crippen LogP contribution in [0.5, 0.6) is 0 Å². The van der Waals surface area contributed by atoms with Gasteiger partial charge in [-0.05, 0) is 31.5 Å². The van der Waals surface area contributed by atoms with Crippen molar-refractivity contribution >= 4 is 45.9 Å². The van der Waals surface area contributed by atoms with Crippen LogP contribution in [-0.2, 0) is 21.3 Å². The summed E-state index contributed by atoms with van der Waals surface area (Å²) in [7, 11) is -1.62. The summed E-state index contributed by atoms with van der Waals surface area (Å²) in [5.74, 6) is 0.257. The predicted molar refractivity (Wildman–Crippen MR) is 129 cm³/mol. The molecule has 1 aromatic carbocycles. The monoisotopic (exact) mass is 553 g/mol. The summed E-state index contributed by atoms with van der Waals surface area (Å²) in [4.78, 5) is 17.5. The molecular weight excluding hydrogens is 521 g/mol. The van der Waals surface area contributed by atoms with Crippen molar-refractivity contribution in [3.63, 3.8) is 0 Å². The second-order valence-corrected chi connectivity index (χ2v) is 9.17. The zero-order valence-corrected chi connectivity index (χ0v) is 20.9.